The van der Waals surface area contributed by atoms with E-state index in [0.29, 0.717) is 33.7 Å². The predicted molar refractivity (Wildman–Crippen MR) is 140 cm³/mol. The summed E-state index contributed by atoms with van der Waals surface area (Å²) in [5.41, 5.74) is 2.11. The number of ketones is 1. The minimum Gasteiger partial charge on any atom is -0.462 e. The van der Waals surface area contributed by atoms with Gasteiger partial charge in [-0.25, -0.2) is 4.79 Å². The second-order valence-corrected chi connectivity index (χ2v) is 9.65. The van der Waals surface area contributed by atoms with E-state index in [1.54, 1.807) is 26.0 Å². The van der Waals surface area contributed by atoms with Crippen molar-refractivity contribution in [1.82, 2.24) is 14.8 Å². The lowest BCUT2D eigenvalue weighted by Crippen LogP contribution is -2.17. The van der Waals surface area contributed by atoms with Crippen molar-refractivity contribution >= 4 is 57.4 Å². The minimum atomic E-state index is -0.585. The van der Waals surface area contributed by atoms with Gasteiger partial charge in [-0.1, -0.05) is 23.9 Å². The molecule has 2 aromatic heterocycles. The molecule has 0 spiro atoms. The molecule has 0 saturated carbocycles. The lowest BCUT2D eigenvalue weighted by Gasteiger charge is -2.09. The summed E-state index contributed by atoms with van der Waals surface area (Å²) in [6.45, 7) is 8.89. The number of esters is 1. The van der Waals surface area contributed by atoms with Gasteiger partial charge in [-0.15, -0.1) is 21.5 Å². The number of hydrogen-bond donors (Lipinski definition) is 2. The third kappa shape index (κ3) is 6.18. The fourth-order valence-corrected chi connectivity index (χ4v) is 5.42. The first-order valence-corrected chi connectivity index (χ1v) is 13.0. The van der Waals surface area contributed by atoms with Crippen molar-refractivity contribution in [2.24, 2.45) is 0 Å². The molecule has 0 fully saturated rings. The standard InChI is InChI=1S/C24H27N5O5S2/c1-6-29-21(16-9-8-10-17(11-16)25-15(5)31)27-28-24(29)35-12-18(32)26-22-19(23(33)34-7-2)13(3)20(36-22)14(4)30/h8-11H,6-7,12H2,1-5H3,(H,25,31)(H,26,32). The maximum absolute atomic E-state index is 12.8. The number of anilines is 2. The summed E-state index contributed by atoms with van der Waals surface area (Å²) in [7, 11) is 0. The van der Waals surface area contributed by atoms with Crippen molar-refractivity contribution in [2.75, 3.05) is 23.0 Å². The van der Waals surface area contributed by atoms with Crippen LogP contribution in [-0.2, 0) is 20.9 Å². The van der Waals surface area contributed by atoms with Gasteiger partial charge in [0, 0.05) is 24.7 Å². The molecule has 0 radical (unpaired) electrons. The molecule has 3 rings (SSSR count). The van der Waals surface area contributed by atoms with Crippen LogP contribution in [0, 0.1) is 6.92 Å². The van der Waals surface area contributed by atoms with Gasteiger partial charge in [-0.3, -0.25) is 14.4 Å². The molecule has 12 heteroatoms. The summed E-state index contributed by atoms with van der Waals surface area (Å²) in [4.78, 5) is 49.0. The molecule has 2 N–H and O–H groups in total. The van der Waals surface area contributed by atoms with Gasteiger partial charge >= 0.3 is 5.97 Å². The summed E-state index contributed by atoms with van der Waals surface area (Å²) >= 11 is 2.26. The highest BCUT2D eigenvalue weighted by Gasteiger charge is 2.25. The maximum Gasteiger partial charge on any atom is 0.341 e. The Balaban J connectivity index is 1.77. The molecule has 0 aliphatic carbocycles. The van der Waals surface area contributed by atoms with Crippen molar-refractivity contribution in [3.05, 3.63) is 40.3 Å². The summed E-state index contributed by atoms with van der Waals surface area (Å²) in [6, 6.07) is 7.27. The van der Waals surface area contributed by atoms with Crippen molar-refractivity contribution in [1.29, 1.82) is 0 Å². The molecule has 10 nitrogen and oxygen atoms in total. The monoisotopic (exact) mass is 529 g/mol. The van der Waals surface area contributed by atoms with E-state index >= 15 is 0 Å². The molecule has 0 aliphatic rings. The fraction of sp³-hybridized carbons (Fsp3) is 0.333. The number of aromatic nitrogens is 3. The number of thioether (sulfide) groups is 1. The Bertz CT molecular complexity index is 1310. The van der Waals surface area contributed by atoms with Crippen molar-refractivity contribution < 1.29 is 23.9 Å². The molecular weight excluding hydrogens is 502 g/mol. The first-order chi connectivity index (χ1) is 17.2. The Hall–Kier alpha value is -3.51. The number of thiophene rings is 1. The Labute approximate surface area is 216 Å². The second-order valence-electron chi connectivity index (χ2n) is 7.69. The number of carbonyl (C=O) groups is 4. The van der Waals surface area contributed by atoms with Crippen LogP contribution in [0.1, 0.15) is 53.3 Å². The van der Waals surface area contributed by atoms with E-state index in [0.717, 1.165) is 16.9 Å². The minimum absolute atomic E-state index is 0.0126. The highest BCUT2D eigenvalue weighted by Crippen LogP contribution is 2.34. The molecule has 0 atom stereocenters. The van der Waals surface area contributed by atoms with Gasteiger partial charge in [-0.05, 0) is 45.4 Å². The molecule has 0 saturated heterocycles. The van der Waals surface area contributed by atoms with E-state index in [4.69, 9.17) is 4.74 Å². The highest BCUT2D eigenvalue weighted by atomic mass is 32.2. The van der Waals surface area contributed by atoms with Gasteiger partial charge in [0.2, 0.25) is 11.8 Å². The molecular formula is C24H27N5O5S2. The average molecular weight is 530 g/mol. The van der Waals surface area contributed by atoms with Crippen LogP contribution in [-0.4, -0.2) is 50.7 Å². The van der Waals surface area contributed by atoms with Gasteiger partial charge < -0.3 is 19.9 Å². The molecule has 1 aromatic carbocycles. The molecule has 0 unspecified atom stereocenters. The first-order valence-electron chi connectivity index (χ1n) is 11.2. The normalized spacial score (nSPS) is 10.7. The topological polar surface area (TPSA) is 132 Å². The van der Waals surface area contributed by atoms with Crippen LogP contribution < -0.4 is 10.6 Å². The predicted octanol–water partition coefficient (Wildman–Crippen LogP) is 4.40. The Morgan fingerprint density at radius 1 is 1.11 bits per heavy atom. The maximum atomic E-state index is 12.8. The SMILES string of the molecule is CCOC(=O)c1c(NC(=O)CSc2nnc(-c3cccc(NC(C)=O)c3)n2CC)sc(C(C)=O)c1C. The summed E-state index contributed by atoms with van der Waals surface area (Å²) in [5.74, 6) is -0.686. The largest absolute Gasteiger partial charge is 0.462 e. The fourth-order valence-electron chi connectivity index (χ4n) is 3.51. The molecule has 0 bridgehead atoms. The zero-order valence-electron chi connectivity index (χ0n) is 20.6. The zero-order chi connectivity index (χ0) is 26.4. The van der Waals surface area contributed by atoms with Gasteiger partial charge in [0.05, 0.1) is 22.8 Å². The van der Waals surface area contributed by atoms with E-state index in [1.165, 1.54) is 25.6 Å². The van der Waals surface area contributed by atoms with E-state index < -0.39 is 5.97 Å². The number of rotatable bonds is 10. The number of hydrogen-bond acceptors (Lipinski definition) is 9. The lowest BCUT2D eigenvalue weighted by atomic mass is 10.1. The van der Waals surface area contributed by atoms with Crippen LogP contribution in [0.15, 0.2) is 29.4 Å². The Morgan fingerprint density at radius 3 is 2.50 bits per heavy atom. The summed E-state index contributed by atoms with van der Waals surface area (Å²) < 4.78 is 6.99. The second kappa shape index (κ2) is 12.0. The van der Waals surface area contributed by atoms with Gasteiger partial charge in [0.15, 0.2) is 16.8 Å². The third-order valence-electron chi connectivity index (χ3n) is 5.01. The van der Waals surface area contributed by atoms with E-state index in [1.807, 2.05) is 23.6 Å². The zero-order valence-corrected chi connectivity index (χ0v) is 22.3. The van der Waals surface area contributed by atoms with Crippen LogP contribution in [0.4, 0.5) is 10.7 Å². The van der Waals surface area contributed by atoms with E-state index in [-0.39, 0.29) is 40.5 Å². The van der Waals surface area contributed by atoms with Crippen LogP contribution in [0.2, 0.25) is 0 Å². The number of benzene rings is 1. The quantitative estimate of drug-likeness (QED) is 0.224. The number of nitrogens with one attached hydrogen (secondary N) is 2. The summed E-state index contributed by atoms with van der Waals surface area (Å²) in [6.07, 6.45) is 0. The lowest BCUT2D eigenvalue weighted by molar-refractivity contribution is -0.114. The van der Waals surface area contributed by atoms with Crippen LogP contribution >= 0.6 is 23.1 Å². The van der Waals surface area contributed by atoms with Crippen molar-refractivity contribution in [3.8, 4) is 11.4 Å². The van der Waals surface area contributed by atoms with E-state index in [9.17, 15) is 19.2 Å². The van der Waals surface area contributed by atoms with Gasteiger partial charge in [-0.2, -0.15) is 0 Å². The van der Waals surface area contributed by atoms with Crippen LogP contribution in [0.3, 0.4) is 0 Å². The molecule has 0 aliphatic heterocycles. The van der Waals surface area contributed by atoms with Gasteiger partial charge in [0.1, 0.15) is 5.00 Å². The molecule has 190 valence electrons. The Morgan fingerprint density at radius 2 is 1.86 bits per heavy atom. The highest BCUT2D eigenvalue weighted by molar-refractivity contribution is 7.99. The first kappa shape index (κ1) is 27.1. The number of Topliss-reactive ketones (excluding diaryl/α,β-unsaturated/α-hetero) is 1. The third-order valence-corrected chi connectivity index (χ3v) is 7.28. The molecule has 3 aromatic rings. The number of carbonyl (C=O) groups excluding carboxylic acids is 4. The number of amides is 2. The molecule has 2 heterocycles. The number of nitrogens with zero attached hydrogens (tertiary/aromatic N) is 3. The summed E-state index contributed by atoms with van der Waals surface area (Å²) in [5, 5.41) is 14.8. The average Bonchev–Trinajstić information content (AvgIpc) is 3.38. The molecule has 2 amide bonds. The number of ether oxygens (including phenoxy) is 1. The van der Waals surface area contributed by atoms with Crippen LogP contribution in [0.25, 0.3) is 11.4 Å². The molecule has 36 heavy (non-hydrogen) atoms. The van der Waals surface area contributed by atoms with E-state index in [2.05, 4.69) is 20.8 Å². The van der Waals surface area contributed by atoms with Crippen molar-refractivity contribution in [3.63, 3.8) is 0 Å². The van der Waals surface area contributed by atoms with Gasteiger partial charge in [0.25, 0.3) is 0 Å². The smallest absolute Gasteiger partial charge is 0.341 e. The van der Waals surface area contributed by atoms with Crippen LogP contribution in [0.5, 0.6) is 0 Å². The Kier molecular flexibility index (Phi) is 8.99. The van der Waals surface area contributed by atoms with Crippen molar-refractivity contribution in [2.45, 2.75) is 46.3 Å².